The highest BCUT2D eigenvalue weighted by atomic mass is 16.6. The maximum absolute atomic E-state index is 12.9. The Labute approximate surface area is 189 Å². The van der Waals surface area contributed by atoms with Gasteiger partial charge in [0.05, 0.1) is 16.5 Å². The number of hydrogen-bond acceptors (Lipinski definition) is 8. The van der Waals surface area contributed by atoms with Crippen molar-refractivity contribution in [3.05, 3.63) is 75.3 Å². The number of non-ortho nitro benzene ring substituents is 1. The predicted molar refractivity (Wildman–Crippen MR) is 118 cm³/mol. The van der Waals surface area contributed by atoms with Crippen molar-refractivity contribution in [3.8, 4) is 5.75 Å². The smallest absolute Gasteiger partial charge is 0.308 e. The minimum atomic E-state index is -0.883. The van der Waals surface area contributed by atoms with Crippen LogP contribution in [0.1, 0.15) is 24.1 Å². The highest BCUT2D eigenvalue weighted by Crippen LogP contribution is 2.39. The third-order valence-corrected chi connectivity index (χ3v) is 5.14. The third kappa shape index (κ3) is 5.07. The molecular weight excluding hydrogens is 430 g/mol. The molecule has 1 saturated heterocycles. The first kappa shape index (κ1) is 23.6. The van der Waals surface area contributed by atoms with Crippen LogP contribution in [0.3, 0.4) is 0 Å². The van der Waals surface area contributed by atoms with E-state index in [4.69, 9.17) is 4.74 Å². The Kier molecular flexibility index (Phi) is 6.88. The Bertz CT molecular complexity index is 1120. The quantitative estimate of drug-likeness (QED) is 0.129. The molecule has 172 valence electrons. The van der Waals surface area contributed by atoms with Crippen molar-refractivity contribution in [2.24, 2.45) is 0 Å². The van der Waals surface area contributed by atoms with E-state index >= 15 is 0 Å². The molecule has 0 aromatic heterocycles. The lowest BCUT2D eigenvalue weighted by Crippen LogP contribution is -2.35. The molecule has 3 rings (SSSR count). The number of nitrogens with zero attached hydrogens (tertiary/aromatic N) is 3. The lowest BCUT2D eigenvalue weighted by Gasteiger charge is -2.26. The number of amides is 1. The average molecular weight is 453 g/mol. The van der Waals surface area contributed by atoms with Gasteiger partial charge in [0.15, 0.2) is 0 Å². The number of nitro groups is 1. The summed E-state index contributed by atoms with van der Waals surface area (Å²) in [4.78, 5) is 50.6. The van der Waals surface area contributed by atoms with Crippen molar-refractivity contribution in [3.63, 3.8) is 0 Å². The first-order valence-electron chi connectivity index (χ1n) is 10.1. The molecule has 1 aliphatic rings. The van der Waals surface area contributed by atoms with Gasteiger partial charge in [-0.05, 0) is 43.9 Å². The van der Waals surface area contributed by atoms with E-state index in [1.54, 1.807) is 12.1 Å². The van der Waals surface area contributed by atoms with E-state index in [-0.39, 0.29) is 23.4 Å². The van der Waals surface area contributed by atoms with Gasteiger partial charge in [0, 0.05) is 37.7 Å². The van der Waals surface area contributed by atoms with Crippen molar-refractivity contribution in [2.75, 3.05) is 27.2 Å². The zero-order chi connectivity index (χ0) is 24.3. The van der Waals surface area contributed by atoms with Gasteiger partial charge >= 0.3 is 5.97 Å². The standard InChI is InChI=1S/C23H23N3O7/c1-14(27)33-18-10-6-15(7-11-18)20-19(22(29)23(30)25(20)13-12-24(2)3)21(28)16-4-8-17(9-5-16)26(31)32/h4-11,20,28H,12-13H2,1-3H3/b21-19-. The molecule has 0 spiro atoms. The number of esters is 1. The van der Waals surface area contributed by atoms with Crippen LogP contribution >= 0.6 is 0 Å². The van der Waals surface area contributed by atoms with Crippen molar-refractivity contribution in [1.82, 2.24) is 9.80 Å². The fourth-order valence-electron chi connectivity index (χ4n) is 3.55. The Hall–Kier alpha value is -4.05. The number of aliphatic hydroxyl groups is 1. The largest absolute Gasteiger partial charge is 0.507 e. The van der Waals surface area contributed by atoms with Gasteiger partial charge in [-0.15, -0.1) is 0 Å². The van der Waals surface area contributed by atoms with Gasteiger partial charge in [-0.3, -0.25) is 24.5 Å². The van der Waals surface area contributed by atoms with Gasteiger partial charge < -0.3 is 19.6 Å². The van der Waals surface area contributed by atoms with Gasteiger partial charge in [-0.2, -0.15) is 0 Å². The van der Waals surface area contributed by atoms with Crippen LogP contribution in [0, 0.1) is 10.1 Å². The summed E-state index contributed by atoms with van der Waals surface area (Å²) in [7, 11) is 3.66. The number of aliphatic hydroxyl groups excluding tert-OH is 1. The number of nitro benzene ring substituents is 1. The summed E-state index contributed by atoms with van der Waals surface area (Å²) in [6.45, 7) is 1.98. The summed E-state index contributed by atoms with van der Waals surface area (Å²) >= 11 is 0. The summed E-state index contributed by atoms with van der Waals surface area (Å²) in [6, 6.07) is 10.5. The molecule has 0 aliphatic carbocycles. The third-order valence-electron chi connectivity index (χ3n) is 5.14. The maximum Gasteiger partial charge on any atom is 0.308 e. The van der Waals surface area contributed by atoms with E-state index in [9.17, 15) is 29.6 Å². The zero-order valence-corrected chi connectivity index (χ0v) is 18.3. The Morgan fingerprint density at radius 1 is 1.12 bits per heavy atom. The van der Waals surface area contributed by atoms with Gasteiger partial charge in [-0.25, -0.2) is 0 Å². The van der Waals surface area contributed by atoms with Crippen molar-refractivity contribution in [1.29, 1.82) is 0 Å². The Balaban J connectivity index is 2.09. The number of ketones is 1. The lowest BCUT2D eigenvalue weighted by atomic mass is 9.95. The summed E-state index contributed by atoms with van der Waals surface area (Å²) in [5.74, 6) is -2.22. The molecule has 1 aliphatic heterocycles. The molecule has 10 nitrogen and oxygen atoms in total. The number of hydrogen-bond donors (Lipinski definition) is 1. The molecule has 10 heteroatoms. The van der Waals surface area contributed by atoms with E-state index < -0.39 is 34.4 Å². The molecule has 0 bridgehead atoms. The summed E-state index contributed by atoms with van der Waals surface area (Å²) in [5, 5.41) is 21.9. The van der Waals surface area contributed by atoms with Gasteiger partial charge in [0.2, 0.25) is 0 Å². The molecule has 1 fully saturated rings. The van der Waals surface area contributed by atoms with Crippen LogP contribution in [0.15, 0.2) is 54.1 Å². The van der Waals surface area contributed by atoms with Crippen LogP contribution in [0.4, 0.5) is 5.69 Å². The summed E-state index contributed by atoms with van der Waals surface area (Å²) < 4.78 is 5.04. The molecular formula is C23H23N3O7. The molecule has 1 N–H and O–H groups in total. The van der Waals surface area contributed by atoms with Gasteiger partial charge in [0.25, 0.3) is 17.4 Å². The van der Waals surface area contributed by atoms with Crippen molar-refractivity contribution >= 4 is 29.1 Å². The van der Waals surface area contributed by atoms with Crippen LogP contribution in [0.5, 0.6) is 5.75 Å². The highest BCUT2D eigenvalue weighted by molar-refractivity contribution is 6.46. The van der Waals surface area contributed by atoms with Gasteiger partial charge in [-0.1, -0.05) is 12.1 Å². The number of Topliss-reactive ketones (excluding diaryl/α,β-unsaturated/α-hetero) is 1. The van der Waals surface area contributed by atoms with E-state index in [2.05, 4.69) is 0 Å². The minimum absolute atomic E-state index is 0.118. The normalized spacial score (nSPS) is 17.5. The first-order chi connectivity index (χ1) is 15.6. The molecule has 1 atom stereocenters. The molecule has 2 aromatic rings. The van der Waals surface area contributed by atoms with E-state index in [1.165, 1.54) is 48.2 Å². The SMILES string of the molecule is CC(=O)Oc1ccc(C2/C(=C(/O)c3ccc([N+](=O)[O-])cc3)C(=O)C(=O)N2CCN(C)C)cc1. The summed E-state index contributed by atoms with van der Waals surface area (Å²) in [5.41, 5.74) is 0.420. The second kappa shape index (κ2) is 9.61. The zero-order valence-electron chi connectivity index (χ0n) is 18.3. The van der Waals surface area contributed by atoms with Crippen LogP contribution in [0.25, 0.3) is 5.76 Å². The molecule has 1 heterocycles. The van der Waals surface area contributed by atoms with E-state index in [1.807, 2.05) is 19.0 Å². The van der Waals surface area contributed by atoms with Crippen LogP contribution in [-0.4, -0.2) is 64.7 Å². The van der Waals surface area contributed by atoms with E-state index in [0.717, 1.165) is 0 Å². The molecule has 0 saturated carbocycles. The van der Waals surface area contributed by atoms with Crippen LogP contribution in [-0.2, 0) is 14.4 Å². The molecule has 1 amide bonds. The monoisotopic (exact) mass is 453 g/mol. The van der Waals surface area contributed by atoms with Crippen LogP contribution < -0.4 is 4.74 Å². The van der Waals surface area contributed by atoms with Crippen LogP contribution in [0.2, 0.25) is 0 Å². The number of ether oxygens (including phenoxy) is 1. The maximum atomic E-state index is 12.9. The number of likely N-dealkylation sites (N-methyl/N-ethyl adjacent to an activating group) is 1. The number of rotatable bonds is 7. The lowest BCUT2D eigenvalue weighted by molar-refractivity contribution is -0.384. The molecule has 1 unspecified atom stereocenters. The number of benzene rings is 2. The number of likely N-dealkylation sites (tertiary alicyclic amines) is 1. The number of carbonyl (C=O) groups excluding carboxylic acids is 3. The second-order valence-corrected chi connectivity index (χ2v) is 7.76. The minimum Gasteiger partial charge on any atom is -0.507 e. The average Bonchev–Trinajstić information content (AvgIpc) is 3.02. The van der Waals surface area contributed by atoms with Crippen molar-refractivity contribution in [2.45, 2.75) is 13.0 Å². The second-order valence-electron chi connectivity index (χ2n) is 7.76. The summed E-state index contributed by atoms with van der Waals surface area (Å²) in [6.07, 6.45) is 0. The fraction of sp³-hybridized carbons (Fsp3) is 0.261. The Morgan fingerprint density at radius 3 is 2.24 bits per heavy atom. The molecule has 0 radical (unpaired) electrons. The van der Waals surface area contributed by atoms with Gasteiger partial charge in [0.1, 0.15) is 11.5 Å². The highest BCUT2D eigenvalue weighted by Gasteiger charge is 2.45. The van der Waals surface area contributed by atoms with Crippen molar-refractivity contribution < 1.29 is 29.2 Å². The van der Waals surface area contributed by atoms with E-state index in [0.29, 0.717) is 17.9 Å². The molecule has 33 heavy (non-hydrogen) atoms. The fourth-order valence-corrected chi connectivity index (χ4v) is 3.55. The first-order valence-corrected chi connectivity index (χ1v) is 10.1. The topological polar surface area (TPSA) is 130 Å². The Morgan fingerprint density at radius 2 is 1.73 bits per heavy atom. The predicted octanol–water partition coefficient (Wildman–Crippen LogP) is 2.50. The molecule has 2 aromatic carbocycles. The number of carbonyl (C=O) groups is 3.